The molecule has 2 aromatic rings. The molecule has 0 aliphatic heterocycles. The van der Waals surface area contributed by atoms with Gasteiger partial charge in [0.05, 0.1) is 7.11 Å². The molecule has 0 spiro atoms. The molecule has 4 heteroatoms. The van der Waals surface area contributed by atoms with E-state index in [1.54, 1.807) is 19.6 Å². The van der Waals surface area contributed by atoms with Gasteiger partial charge in [0.15, 0.2) is 0 Å². The lowest BCUT2D eigenvalue weighted by molar-refractivity contribution is -0.158. The number of hydrogen-bond acceptors (Lipinski definition) is 3. The van der Waals surface area contributed by atoms with Gasteiger partial charge in [0.2, 0.25) is 0 Å². The van der Waals surface area contributed by atoms with Crippen LogP contribution in [0.15, 0.2) is 18.2 Å². The fourth-order valence-corrected chi connectivity index (χ4v) is 9.00. The Hall–Kier alpha value is -1.97. The average Bonchev–Trinajstić information content (AvgIpc) is 3.30. The first-order chi connectivity index (χ1) is 15.3. The van der Waals surface area contributed by atoms with Crippen molar-refractivity contribution < 1.29 is 14.3 Å². The lowest BCUT2D eigenvalue weighted by Gasteiger charge is -2.60. The van der Waals surface area contributed by atoms with Crippen molar-refractivity contribution in [3.05, 3.63) is 29.5 Å². The van der Waals surface area contributed by atoms with E-state index in [1.165, 1.54) is 55.1 Å². The third-order valence-corrected chi connectivity index (χ3v) is 10.5. The van der Waals surface area contributed by atoms with Gasteiger partial charge in [0.25, 0.3) is 0 Å². The van der Waals surface area contributed by atoms with E-state index in [4.69, 9.17) is 9.47 Å². The van der Waals surface area contributed by atoms with Crippen LogP contribution in [-0.4, -0.2) is 24.2 Å². The van der Waals surface area contributed by atoms with Crippen LogP contribution in [0.4, 0.5) is 0 Å². The zero-order valence-corrected chi connectivity index (χ0v) is 20.0. The van der Waals surface area contributed by atoms with Crippen LogP contribution in [0.5, 0.6) is 5.75 Å². The number of carbonyl (C=O) groups excluding carboxylic acids is 1. The van der Waals surface area contributed by atoms with Crippen molar-refractivity contribution in [2.45, 2.75) is 84.2 Å². The fraction of sp³-hybridized carbons (Fsp3) is 0.679. The molecule has 1 N–H and O–H groups in total. The Bertz CT molecular complexity index is 1070. The average molecular weight is 436 g/mol. The predicted octanol–water partition coefficient (Wildman–Crippen LogP) is 6.38. The smallest absolute Gasteiger partial charge is 0.302 e. The highest BCUT2D eigenvalue weighted by Gasteiger charge is 2.61. The number of carbonyl (C=O) groups is 1. The number of benzene rings is 1. The number of fused-ring (bicyclic) bond motifs is 9. The third-order valence-electron chi connectivity index (χ3n) is 10.5. The number of aromatic nitrogens is 1. The molecule has 1 aromatic heterocycles. The zero-order chi connectivity index (χ0) is 22.3. The quantitative estimate of drug-likeness (QED) is 0.557. The highest BCUT2D eigenvalue weighted by Crippen LogP contribution is 2.68. The van der Waals surface area contributed by atoms with Crippen molar-refractivity contribution in [3.8, 4) is 5.75 Å². The van der Waals surface area contributed by atoms with Gasteiger partial charge in [-0.3, -0.25) is 4.79 Å². The van der Waals surface area contributed by atoms with Crippen LogP contribution in [0.25, 0.3) is 10.9 Å². The second kappa shape index (κ2) is 7.01. The second-order valence-corrected chi connectivity index (χ2v) is 11.7. The Balaban J connectivity index is 1.36. The number of aryl methyl sites for hydroxylation is 1. The molecule has 6 unspecified atom stereocenters. The summed E-state index contributed by atoms with van der Waals surface area (Å²) < 4.78 is 11.4. The summed E-state index contributed by atoms with van der Waals surface area (Å²) in [5.41, 5.74) is 4.84. The molecular formula is C28H37NO3. The van der Waals surface area contributed by atoms with Gasteiger partial charge >= 0.3 is 5.97 Å². The molecule has 172 valence electrons. The van der Waals surface area contributed by atoms with Crippen LogP contribution in [-0.2, 0) is 16.0 Å². The van der Waals surface area contributed by atoms with Crippen molar-refractivity contribution in [2.75, 3.05) is 7.11 Å². The summed E-state index contributed by atoms with van der Waals surface area (Å²) in [5.74, 6) is 3.73. The molecule has 3 fully saturated rings. The summed E-state index contributed by atoms with van der Waals surface area (Å²) in [6.45, 7) is 6.61. The summed E-state index contributed by atoms with van der Waals surface area (Å²) in [6, 6.07) is 6.51. The lowest BCUT2D eigenvalue weighted by atomic mass is 9.45. The van der Waals surface area contributed by atoms with Gasteiger partial charge in [-0.05, 0) is 104 Å². The number of methoxy groups -OCH3 is 1. The molecule has 4 nitrogen and oxygen atoms in total. The van der Waals surface area contributed by atoms with Gasteiger partial charge in [-0.2, -0.15) is 0 Å². The maximum atomic E-state index is 11.7. The van der Waals surface area contributed by atoms with Crippen molar-refractivity contribution in [2.24, 2.45) is 28.6 Å². The topological polar surface area (TPSA) is 51.3 Å². The van der Waals surface area contributed by atoms with E-state index in [2.05, 4.69) is 37.0 Å². The molecule has 0 radical (unpaired) electrons. The van der Waals surface area contributed by atoms with E-state index < -0.39 is 0 Å². The van der Waals surface area contributed by atoms with Crippen molar-refractivity contribution in [1.29, 1.82) is 0 Å². The summed E-state index contributed by atoms with van der Waals surface area (Å²) in [6.07, 6.45) is 9.91. The normalized spacial score (nSPS) is 40.2. The number of H-pyrrole nitrogens is 1. The number of ether oxygens (including phenoxy) is 2. The molecule has 7 atom stereocenters. The van der Waals surface area contributed by atoms with Gasteiger partial charge in [0, 0.05) is 28.9 Å². The van der Waals surface area contributed by atoms with E-state index in [1.807, 2.05) is 0 Å². The number of nitrogens with one attached hydrogen (secondary N) is 1. The summed E-state index contributed by atoms with van der Waals surface area (Å²) >= 11 is 0. The Morgan fingerprint density at radius 1 is 1.03 bits per heavy atom. The molecule has 0 amide bonds. The molecule has 6 rings (SSSR count). The number of rotatable bonds is 2. The minimum atomic E-state index is -0.107. The third kappa shape index (κ3) is 2.70. The SMILES string of the molecule is COc1ccc2[nH]c3c(c2c1)[C@H]1CCC2C4CCC(OC(C)=O)C4(C)CCC2C1(C)CC3. The molecule has 3 saturated carbocycles. The fourth-order valence-electron chi connectivity index (χ4n) is 9.00. The Morgan fingerprint density at radius 3 is 2.62 bits per heavy atom. The molecule has 4 aliphatic rings. The highest BCUT2D eigenvalue weighted by atomic mass is 16.5. The van der Waals surface area contributed by atoms with Gasteiger partial charge in [0.1, 0.15) is 11.9 Å². The molecule has 4 aliphatic carbocycles. The Morgan fingerprint density at radius 2 is 1.84 bits per heavy atom. The number of hydrogen-bond donors (Lipinski definition) is 1. The van der Waals surface area contributed by atoms with E-state index in [0.717, 1.165) is 30.4 Å². The van der Waals surface area contributed by atoms with Crippen LogP contribution in [0.2, 0.25) is 0 Å². The minimum Gasteiger partial charge on any atom is -0.497 e. The summed E-state index contributed by atoms with van der Waals surface area (Å²) in [5, 5.41) is 1.38. The van der Waals surface area contributed by atoms with Crippen LogP contribution in [0.3, 0.4) is 0 Å². The highest BCUT2D eigenvalue weighted by molar-refractivity contribution is 5.87. The van der Waals surface area contributed by atoms with Crippen molar-refractivity contribution >= 4 is 16.9 Å². The van der Waals surface area contributed by atoms with E-state index in [-0.39, 0.29) is 17.5 Å². The zero-order valence-electron chi connectivity index (χ0n) is 20.0. The standard InChI is InChI=1S/C28H37NO3/c1-16(30)32-25-10-8-20-18-6-7-22-26-19-15-17(31-4)5-9-23(19)29-24(26)12-14-27(22,2)21(18)11-13-28(20,25)3/h5,9,15,18,20-22,25,29H,6-8,10-14H2,1-4H3/t18?,20?,21?,22-,25?,27?,28?/m1/s1. The van der Waals surface area contributed by atoms with Crippen LogP contribution in [0, 0.1) is 28.6 Å². The summed E-state index contributed by atoms with van der Waals surface area (Å²) in [4.78, 5) is 15.5. The Kier molecular flexibility index (Phi) is 4.52. The number of esters is 1. The van der Waals surface area contributed by atoms with Crippen LogP contribution >= 0.6 is 0 Å². The van der Waals surface area contributed by atoms with Gasteiger partial charge < -0.3 is 14.5 Å². The maximum Gasteiger partial charge on any atom is 0.302 e. The molecular weight excluding hydrogens is 398 g/mol. The largest absolute Gasteiger partial charge is 0.497 e. The molecule has 1 heterocycles. The first-order valence-electron chi connectivity index (χ1n) is 12.7. The van der Waals surface area contributed by atoms with Crippen LogP contribution < -0.4 is 4.74 Å². The van der Waals surface area contributed by atoms with E-state index >= 15 is 0 Å². The monoisotopic (exact) mass is 435 g/mol. The minimum absolute atomic E-state index is 0.107. The van der Waals surface area contributed by atoms with Gasteiger partial charge in [-0.1, -0.05) is 13.8 Å². The number of aromatic amines is 1. The molecule has 1 aromatic carbocycles. The second-order valence-electron chi connectivity index (χ2n) is 11.7. The van der Waals surface area contributed by atoms with Gasteiger partial charge in [-0.25, -0.2) is 0 Å². The van der Waals surface area contributed by atoms with E-state index in [0.29, 0.717) is 17.3 Å². The molecule has 32 heavy (non-hydrogen) atoms. The maximum absolute atomic E-state index is 11.7. The van der Waals surface area contributed by atoms with Gasteiger partial charge in [-0.15, -0.1) is 0 Å². The van der Waals surface area contributed by atoms with Crippen molar-refractivity contribution in [3.63, 3.8) is 0 Å². The predicted molar refractivity (Wildman–Crippen MR) is 126 cm³/mol. The lowest BCUT2D eigenvalue weighted by Crippen LogP contribution is -2.53. The molecule has 0 bridgehead atoms. The first kappa shape index (κ1) is 20.6. The Labute approximate surface area is 191 Å². The van der Waals surface area contributed by atoms with E-state index in [9.17, 15) is 4.79 Å². The summed E-state index contributed by atoms with van der Waals surface area (Å²) in [7, 11) is 1.76. The van der Waals surface area contributed by atoms with Crippen molar-refractivity contribution in [1.82, 2.24) is 4.98 Å². The molecule has 0 saturated heterocycles. The first-order valence-corrected chi connectivity index (χ1v) is 12.7. The van der Waals surface area contributed by atoms with Crippen LogP contribution in [0.1, 0.15) is 82.9 Å².